The summed E-state index contributed by atoms with van der Waals surface area (Å²) in [5.41, 5.74) is 1.39. The number of anilines is 1. The zero-order valence-electron chi connectivity index (χ0n) is 21.6. The van der Waals surface area contributed by atoms with Crippen LogP contribution >= 0.6 is 11.3 Å². The number of piperidine rings is 1. The Bertz CT molecular complexity index is 1540. The van der Waals surface area contributed by atoms with Crippen molar-refractivity contribution >= 4 is 29.3 Å². The summed E-state index contributed by atoms with van der Waals surface area (Å²) in [4.78, 5) is 34.2. The first-order valence-corrected chi connectivity index (χ1v) is 13.7. The Morgan fingerprint density at radius 2 is 1.95 bits per heavy atom. The third-order valence-electron chi connectivity index (χ3n) is 6.63. The molecule has 1 aromatic carbocycles. The highest BCUT2D eigenvalue weighted by Gasteiger charge is 2.33. The van der Waals surface area contributed by atoms with Crippen LogP contribution in [0.4, 0.5) is 5.88 Å². The highest BCUT2D eigenvalue weighted by molar-refractivity contribution is 7.07. The van der Waals surface area contributed by atoms with Gasteiger partial charge in [0.1, 0.15) is 18.1 Å². The van der Waals surface area contributed by atoms with E-state index in [1.807, 2.05) is 36.4 Å². The number of nitrogens with zero attached hydrogens (tertiary/aromatic N) is 3. The molecule has 0 amide bonds. The molecule has 2 aliphatic rings. The van der Waals surface area contributed by atoms with Gasteiger partial charge >= 0.3 is 5.97 Å². The Labute approximate surface area is 224 Å². The third-order valence-corrected chi connectivity index (χ3v) is 7.62. The molecule has 3 aromatic rings. The van der Waals surface area contributed by atoms with Gasteiger partial charge in [-0.15, -0.1) is 0 Å². The summed E-state index contributed by atoms with van der Waals surface area (Å²) < 4.78 is 19.1. The number of carbonyl (C=O) groups is 1. The number of benzene rings is 1. The zero-order valence-corrected chi connectivity index (χ0v) is 22.5. The van der Waals surface area contributed by atoms with Crippen molar-refractivity contribution in [3.8, 4) is 5.75 Å². The smallest absolute Gasteiger partial charge is 0.338 e. The van der Waals surface area contributed by atoms with Crippen LogP contribution in [0.25, 0.3) is 6.08 Å². The van der Waals surface area contributed by atoms with Gasteiger partial charge in [-0.25, -0.2) is 9.79 Å². The van der Waals surface area contributed by atoms with E-state index in [9.17, 15) is 9.59 Å². The second kappa shape index (κ2) is 11.3. The van der Waals surface area contributed by atoms with Crippen molar-refractivity contribution in [1.82, 2.24) is 4.57 Å². The highest BCUT2D eigenvalue weighted by Crippen LogP contribution is 2.31. The summed E-state index contributed by atoms with van der Waals surface area (Å²) in [6, 6.07) is 10.5. The molecule has 5 rings (SSSR count). The molecule has 0 unspecified atom stereocenters. The number of carbonyl (C=O) groups excluding carboxylic acids is 1. The molecule has 1 fully saturated rings. The molecular weight excluding hydrogens is 502 g/mol. The molecule has 1 atom stereocenters. The van der Waals surface area contributed by atoms with Crippen molar-refractivity contribution in [2.24, 2.45) is 4.99 Å². The average molecular weight is 534 g/mol. The van der Waals surface area contributed by atoms with Gasteiger partial charge in [0.25, 0.3) is 5.56 Å². The highest BCUT2D eigenvalue weighted by atomic mass is 32.1. The molecule has 2 aliphatic heterocycles. The fourth-order valence-electron chi connectivity index (χ4n) is 4.84. The molecule has 0 bridgehead atoms. The van der Waals surface area contributed by atoms with E-state index in [4.69, 9.17) is 13.9 Å². The van der Waals surface area contributed by atoms with E-state index in [2.05, 4.69) is 16.5 Å². The van der Waals surface area contributed by atoms with E-state index >= 15 is 0 Å². The van der Waals surface area contributed by atoms with Crippen LogP contribution in [0, 0.1) is 0 Å². The SMILES string of the molecule is C=CCOc1ccc([C@@H]2C(C(=O)OCC)=C(C)N=c3s/c(=C\c4ccc(N5CCCCC5)o4)c(=O)n32)cc1. The Kier molecular flexibility index (Phi) is 7.64. The minimum atomic E-state index is -0.679. The van der Waals surface area contributed by atoms with Gasteiger partial charge in [0.2, 0.25) is 0 Å². The molecule has 0 saturated carbocycles. The van der Waals surface area contributed by atoms with Crippen molar-refractivity contribution < 1.29 is 18.7 Å². The van der Waals surface area contributed by atoms with Gasteiger partial charge in [0.15, 0.2) is 10.7 Å². The molecule has 38 heavy (non-hydrogen) atoms. The second-order valence-corrected chi connectivity index (χ2v) is 10.2. The molecule has 0 aliphatic carbocycles. The van der Waals surface area contributed by atoms with Crippen LogP contribution in [0.5, 0.6) is 5.75 Å². The average Bonchev–Trinajstić information content (AvgIpc) is 3.52. The Morgan fingerprint density at radius 3 is 2.66 bits per heavy atom. The minimum Gasteiger partial charge on any atom is -0.490 e. The summed E-state index contributed by atoms with van der Waals surface area (Å²) in [6.07, 6.45) is 6.97. The quantitative estimate of drug-likeness (QED) is 0.322. The molecule has 4 heterocycles. The third kappa shape index (κ3) is 5.11. The van der Waals surface area contributed by atoms with Gasteiger partial charge in [-0.3, -0.25) is 9.36 Å². The van der Waals surface area contributed by atoms with Crippen LogP contribution in [-0.2, 0) is 9.53 Å². The summed E-state index contributed by atoms with van der Waals surface area (Å²) in [6.45, 7) is 9.75. The van der Waals surface area contributed by atoms with Crippen LogP contribution in [0.2, 0.25) is 0 Å². The molecular formula is C29H31N3O5S. The number of fused-ring (bicyclic) bond motifs is 1. The lowest BCUT2D eigenvalue weighted by Gasteiger charge is -2.25. The molecule has 0 N–H and O–H groups in total. The molecule has 9 heteroatoms. The normalized spacial score (nSPS) is 17.7. The number of allylic oxidation sites excluding steroid dienone is 1. The lowest BCUT2D eigenvalue weighted by atomic mass is 9.96. The van der Waals surface area contributed by atoms with E-state index in [-0.39, 0.29) is 12.2 Å². The number of rotatable bonds is 8. The van der Waals surface area contributed by atoms with Crippen molar-refractivity contribution in [2.45, 2.75) is 39.2 Å². The Morgan fingerprint density at radius 1 is 1.18 bits per heavy atom. The molecule has 1 saturated heterocycles. The van der Waals surface area contributed by atoms with Gasteiger partial charge in [0.05, 0.1) is 28.5 Å². The minimum absolute atomic E-state index is 0.221. The monoisotopic (exact) mass is 533 g/mol. The van der Waals surface area contributed by atoms with Gasteiger partial charge in [-0.05, 0) is 56.9 Å². The first-order valence-electron chi connectivity index (χ1n) is 12.9. The lowest BCUT2D eigenvalue weighted by molar-refractivity contribution is -0.139. The molecule has 198 valence electrons. The maximum absolute atomic E-state index is 13.8. The van der Waals surface area contributed by atoms with Gasteiger partial charge in [0, 0.05) is 25.2 Å². The van der Waals surface area contributed by atoms with Crippen LogP contribution in [0.1, 0.15) is 50.5 Å². The predicted octanol–water partition coefficient (Wildman–Crippen LogP) is 3.95. The van der Waals surface area contributed by atoms with Crippen molar-refractivity contribution in [3.05, 3.63) is 91.3 Å². The number of hydrogen-bond acceptors (Lipinski definition) is 8. The van der Waals surface area contributed by atoms with Crippen LogP contribution in [0.15, 0.2) is 74.5 Å². The van der Waals surface area contributed by atoms with Gasteiger partial charge < -0.3 is 18.8 Å². The number of thiazole rings is 1. The predicted molar refractivity (Wildman–Crippen MR) is 147 cm³/mol. The molecule has 2 aromatic heterocycles. The summed E-state index contributed by atoms with van der Waals surface area (Å²) >= 11 is 1.28. The molecule has 0 spiro atoms. The zero-order chi connectivity index (χ0) is 26.6. The van der Waals surface area contributed by atoms with Crippen molar-refractivity contribution in [3.63, 3.8) is 0 Å². The number of hydrogen-bond donors (Lipinski definition) is 0. The van der Waals surface area contributed by atoms with Crippen molar-refractivity contribution in [2.75, 3.05) is 31.2 Å². The number of ether oxygens (including phenoxy) is 2. The first kappa shape index (κ1) is 25.8. The van der Waals surface area contributed by atoms with E-state index in [1.165, 1.54) is 17.8 Å². The van der Waals surface area contributed by atoms with Crippen LogP contribution in [0.3, 0.4) is 0 Å². The van der Waals surface area contributed by atoms with Crippen molar-refractivity contribution in [1.29, 1.82) is 0 Å². The largest absolute Gasteiger partial charge is 0.490 e. The maximum Gasteiger partial charge on any atom is 0.338 e. The number of esters is 1. The summed E-state index contributed by atoms with van der Waals surface area (Å²) in [5, 5.41) is 0. The Balaban J connectivity index is 1.57. The standard InChI is InChI=1S/C29H31N3O5S/c1-4-17-36-21-11-9-20(10-12-21)26-25(28(34)35-5-2)19(3)30-29-32(26)27(33)23(38-29)18-22-13-14-24(37-22)31-15-7-6-8-16-31/h4,9-14,18,26H,1,5-8,15-17H2,2-3H3/b23-18-/t26-/m1/s1. The lowest BCUT2D eigenvalue weighted by Crippen LogP contribution is -2.39. The summed E-state index contributed by atoms with van der Waals surface area (Å²) in [5.74, 6) is 1.61. The number of aromatic nitrogens is 1. The molecule has 0 radical (unpaired) electrons. The van der Waals surface area contributed by atoms with Gasteiger partial charge in [-0.1, -0.05) is 36.1 Å². The topological polar surface area (TPSA) is 86.3 Å². The van der Waals surface area contributed by atoms with Gasteiger partial charge in [-0.2, -0.15) is 0 Å². The van der Waals surface area contributed by atoms with E-state index in [0.29, 0.717) is 38.7 Å². The Hall–Kier alpha value is -3.85. The number of furan rings is 1. The van der Waals surface area contributed by atoms with Crippen LogP contribution in [-0.4, -0.2) is 36.8 Å². The first-order chi connectivity index (χ1) is 18.5. The second-order valence-electron chi connectivity index (χ2n) is 9.19. The molecule has 8 nitrogen and oxygen atoms in total. The van der Waals surface area contributed by atoms with E-state index in [1.54, 1.807) is 30.6 Å². The fourth-order valence-corrected chi connectivity index (χ4v) is 5.87. The van der Waals surface area contributed by atoms with E-state index < -0.39 is 12.0 Å². The fraction of sp³-hybridized carbons (Fsp3) is 0.345. The van der Waals surface area contributed by atoms with Crippen LogP contribution < -0.4 is 24.5 Å². The maximum atomic E-state index is 13.8. The summed E-state index contributed by atoms with van der Waals surface area (Å²) in [7, 11) is 0. The van der Waals surface area contributed by atoms with E-state index in [0.717, 1.165) is 37.4 Å².